The van der Waals surface area contributed by atoms with Crippen LogP contribution >= 0.6 is 0 Å². The summed E-state index contributed by atoms with van der Waals surface area (Å²) in [6.45, 7) is 1.34. The molecule has 0 spiro atoms. The van der Waals surface area contributed by atoms with Crippen LogP contribution in [0.2, 0.25) is 0 Å². The van der Waals surface area contributed by atoms with E-state index in [9.17, 15) is 13.6 Å². The Hall–Kier alpha value is -1.85. The fraction of sp³-hybridized carbons (Fsp3) is 0.300. The van der Waals surface area contributed by atoms with Gasteiger partial charge in [-0.2, -0.15) is 4.39 Å². The topological polar surface area (TPSA) is 61.5 Å². The zero-order chi connectivity index (χ0) is 12.3. The summed E-state index contributed by atoms with van der Waals surface area (Å²) in [6, 6.07) is 2.03. The summed E-state index contributed by atoms with van der Waals surface area (Å²) in [5.41, 5.74) is 5.31. The molecule has 88 valence electrons. The number of methoxy groups -OCH3 is 1. The summed E-state index contributed by atoms with van der Waals surface area (Å²) in [5.74, 6) is -3.52. The van der Waals surface area contributed by atoms with E-state index in [4.69, 9.17) is 10.5 Å². The first kappa shape index (κ1) is 12.2. The molecule has 0 aliphatic rings. The highest BCUT2D eigenvalue weighted by Gasteiger charge is 2.20. The van der Waals surface area contributed by atoms with Gasteiger partial charge in [0.1, 0.15) is 0 Å². The van der Waals surface area contributed by atoms with Gasteiger partial charge in [-0.3, -0.25) is 0 Å². The van der Waals surface area contributed by atoms with Crippen LogP contribution in [0.3, 0.4) is 0 Å². The molecular formula is C10H11F2NO3. The van der Waals surface area contributed by atoms with E-state index in [0.717, 1.165) is 19.2 Å². The lowest BCUT2D eigenvalue weighted by molar-refractivity contribution is -0.147. The zero-order valence-electron chi connectivity index (χ0n) is 8.79. The SMILES string of the molecule is COC(=O)C(C)Oc1c(N)ccc(F)c1F. The molecule has 0 saturated carbocycles. The molecule has 0 aliphatic carbocycles. The number of benzene rings is 1. The van der Waals surface area contributed by atoms with Crippen molar-refractivity contribution >= 4 is 11.7 Å². The molecule has 1 rings (SSSR count). The lowest BCUT2D eigenvalue weighted by Crippen LogP contribution is -2.25. The first-order chi connectivity index (χ1) is 7.47. The minimum Gasteiger partial charge on any atom is -0.474 e. The maximum Gasteiger partial charge on any atom is 0.346 e. The number of ether oxygens (including phenoxy) is 2. The van der Waals surface area contributed by atoms with E-state index in [2.05, 4.69) is 4.74 Å². The van der Waals surface area contributed by atoms with Crippen molar-refractivity contribution < 1.29 is 23.0 Å². The van der Waals surface area contributed by atoms with Gasteiger partial charge in [0.15, 0.2) is 17.7 Å². The number of hydrogen-bond donors (Lipinski definition) is 1. The predicted octanol–water partition coefficient (Wildman–Crippen LogP) is 1.49. The number of carbonyl (C=O) groups excluding carboxylic acids is 1. The van der Waals surface area contributed by atoms with Crippen LogP contribution in [0.25, 0.3) is 0 Å². The molecule has 0 radical (unpaired) electrons. The monoisotopic (exact) mass is 231 g/mol. The Labute approximate surface area is 91.0 Å². The van der Waals surface area contributed by atoms with E-state index in [0.29, 0.717) is 0 Å². The molecule has 16 heavy (non-hydrogen) atoms. The van der Waals surface area contributed by atoms with Crippen molar-refractivity contribution in [1.82, 2.24) is 0 Å². The van der Waals surface area contributed by atoms with Crippen LogP contribution in [0.4, 0.5) is 14.5 Å². The van der Waals surface area contributed by atoms with Gasteiger partial charge in [-0.1, -0.05) is 0 Å². The minimum absolute atomic E-state index is 0.0883. The summed E-state index contributed by atoms with van der Waals surface area (Å²) in [4.78, 5) is 11.0. The Morgan fingerprint density at radius 2 is 2.06 bits per heavy atom. The largest absolute Gasteiger partial charge is 0.474 e. The third-order valence-electron chi connectivity index (χ3n) is 1.91. The second-order valence-corrected chi connectivity index (χ2v) is 3.06. The molecule has 0 saturated heterocycles. The number of esters is 1. The van der Waals surface area contributed by atoms with Crippen molar-refractivity contribution in [2.24, 2.45) is 0 Å². The van der Waals surface area contributed by atoms with Crippen molar-refractivity contribution in [3.8, 4) is 5.75 Å². The van der Waals surface area contributed by atoms with Crippen LogP contribution in [-0.4, -0.2) is 19.2 Å². The lowest BCUT2D eigenvalue weighted by atomic mass is 10.2. The Morgan fingerprint density at radius 3 is 2.62 bits per heavy atom. The predicted molar refractivity (Wildman–Crippen MR) is 52.9 cm³/mol. The molecule has 0 fully saturated rings. The highest BCUT2D eigenvalue weighted by Crippen LogP contribution is 2.28. The van der Waals surface area contributed by atoms with E-state index in [1.54, 1.807) is 0 Å². The molecule has 6 heteroatoms. The Kier molecular flexibility index (Phi) is 3.65. The van der Waals surface area contributed by atoms with Gasteiger partial charge in [-0.15, -0.1) is 0 Å². The zero-order valence-corrected chi connectivity index (χ0v) is 8.79. The molecule has 2 N–H and O–H groups in total. The van der Waals surface area contributed by atoms with Crippen LogP contribution < -0.4 is 10.5 Å². The van der Waals surface area contributed by atoms with Gasteiger partial charge in [0.05, 0.1) is 12.8 Å². The number of hydrogen-bond acceptors (Lipinski definition) is 4. The van der Waals surface area contributed by atoms with Gasteiger partial charge >= 0.3 is 5.97 Å². The average Bonchev–Trinajstić information content (AvgIpc) is 2.28. The van der Waals surface area contributed by atoms with Gasteiger partial charge in [0, 0.05) is 0 Å². The van der Waals surface area contributed by atoms with E-state index < -0.39 is 29.5 Å². The summed E-state index contributed by atoms with van der Waals surface area (Å²) >= 11 is 0. The molecule has 1 unspecified atom stereocenters. The van der Waals surface area contributed by atoms with Crippen LogP contribution in [0.5, 0.6) is 5.75 Å². The highest BCUT2D eigenvalue weighted by molar-refractivity contribution is 5.74. The number of halogens is 2. The molecule has 0 bridgehead atoms. The van der Waals surface area contributed by atoms with Gasteiger partial charge in [0.25, 0.3) is 0 Å². The van der Waals surface area contributed by atoms with Crippen molar-refractivity contribution in [3.05, 3.63) is 23.8 Å². The molecule has 0 amide bonds. The summed E-state index contributed by atoms with van der Waals surface area (Å²) in [5, 5.41) is 0. The summed E-state index contributed by atoms with van der Waals surface area (Å²) in [7, 11) is 1.16. The minimum atomic E-state index is -1.23. The molecular weight excluding hydrogens is 220 g/mol. The molecule has 4 nitrogen and oxygen atoms in total. The maximum atomic E-state index is 13.3. The molecule has 1 aromatic rings. The smallest absolute Gasteiger partial charge is 0.346 e. The number of nitrogen functional groups attached to an aromatic ring is 1. The maximum absolute atomic E-state index is 13.3. The van der Waals surface area contributed by atoms with Crippen LogP contribution in [0.15, 0.2) is 12.1 Å². The highest BCUT2D eigenvalue weighted by atomic mass is 19.2. The van der Waals surface area contributed by atoms with E-state index in [1.165, 1.54) is 6.92 Å². The first-order valence-corrected chi connectivity index (χ1v) is 4.45. The summed E-state index contributed by atoms with van der Waals surface area (Å²) in [6.07, 6.45) is -1.07. The lowest BCUT2D eigenvalue weighted by Gasteiger charge is -2.14. The molecule has 0 aromatic heterocycles. The van der Waals surface area contributed by atoms with Crippen LogP contribution in [-0.2, 0) is 9.53 Å². The number of nitrogens with two attached hydrogens (primary N) is 1. The molecule has 0 aliphatic heterocycles. The Morgan fingerprint density at radius 1 is 1.44 bits per heavy atom. The summed E-state index contributed by atoms with van der Waals surface area (Å²) < 4.78 is 35.4. The number of rotatable bonds is 3. The number of anilines is 1. The van der Waals surface area contributed by atoms with Crippen LogP contribution in [0.1, 0.15) is 6.92 Å². The van der Waals surface area contributed by atoms with Gasteiger partial charge in [-0.05, 0) is 19.1 Å². The van der Waals surface area contributed by atoms with Crippen LogP contribution in [0, 0.1) is 11.6 Å². The van der Waals surface area contributed by atoms with E-state index in [-0.39, 0.29) is 5.69 Å². The van der Waals surface area contributed by atoms with Crippen molar-refractivity contribution in [1.29, 1.82) is 0 Å². The Balaban J connectivity index is 2.97. The number of carbonyl (C=O) groups is 1. The normalized spacial score (nSPS) is 12.0. The molecule has 0 heterocycles. The standard InChI is InChI=1S/C10H11F2NO3/c1-5(10(14)15-2)16-9-7(13)4-3-6(11)8(9)12/h3-5H,13H2,1-2H3. The Bertz CT molecular complexity index is 409. The second kappa shape index (κ2) is 4.78. The fourth-order valence-electron chi connectivity index (χ4n) is 1.06. The van der Waals surface area contributed by atoms with E-state index >= 15 is 0 Å². The molecule has 1 atom stereocenters. The van der Waals surface area contributed by atoms with Gasteiger partial charge in [-0.25, -0.2) is 9.18 Å². The average molecular weight is 231 g/mol. The third kappa shape index (κ3) is 2.39. The van der Waals surface area contributed by atoms with Crippen molar-refractivity contribution in [3.63, 3.8) is 0 Å². The third-order valence-corrected chi connectivity index (χ3v) is 1.91. The fourth-order valence-corrected chi connectivity index (χ4v) is 1.06. The quantitative estimate of drug-likeness (QED) is 0.632. The van der Waals surface area contributed by atoms with E-state index in [1.807, 2.05) is 0 Å². The van der Waals surface area contributed by atoms with Crippen molar-refractivity contribution in [2.75, 3.05) is 12.8 Å². The first-order valence-electron chi connectivity index (χ1n) is 4.45. The van der Waals surface area contributed by atoms with Gasteiger partial charge in [0.2, 0.25) is 5.82 Å². The molecule has 1 aromatic carbocycles. The second-order valence-electron chi connectivity index (χ2n) is 3.06. The van der Waals surface area contributed by atoms with Crippen molar-refractivity contribution in [2.45, 2.75) is 13.0 Å². The van der Waals surface area contributed by atoms with Gasteiger partial charge < -0.3 is 15.2 Å².